The van der Waals surface area contributed by atoms with Gasteiger partial charge >= 0.3 is 6.18 Å². The molecule has 16 heavy (non-hydrogen) atoms. The number of halogens is 3. The Morgan fingerprint density at radius 3 is 2.25 bits per heavy atom. The molecule has 1 aliphatic rings. The van der Waals surface area contributed by atoms with Gasteiger partial charge in [-0.25, -0.2) is 0 Å². The molecule has 0 N–H and O–H groups in total. The van der Waals surface area contributed by atoms with Crippen molar-refractivity contribution in [3.05, 3.63) is 0 Å². The van der Waals surface area contributed by atoms with Crippen LogP contribution in [0.3, 0.4) is 0 Å². The molecule has 0 spiro atoms. The Morgan fingerprint density at radius 1 is 1.38 bits per heavy atom. The van der Waals surface area contributed by atoms with Crippen molar-refractivity contribution in [2.75, 3.05) is 20.2 Å². The highest BCUT2D eigenvalue weighted by Crippen LogP contribution is 2.42. The number of likely N-dealkylation sites (tertiary alicyclic amines) is 1. The molecule has 0 radical (unpaired) electrons. The second kappa shape index (κ2) is 3.94. The summed E-state index contributed by atoms with van der Waals surface area (Å²) in [5.41, 5.74) is -2.74. The van der Waals surface area contributed by atoms with Crippen molar-refractivity contribution in [3.63, 3.8) is 0 Å². The topological polar surface area (TPSA) is 12.5 Å². The van der Waals surface area contributed by atoms with Crippen molar-refractivity contribution in [3.8, 4) is 12.3 Å². The maximum atomic E-state index is 12.9. The van der Waals surface area contributed by atoms with Gasteiger partial charge in [-0.05, 0) is 20.3 Å². The van der Waals surface area contributed by atoms with E-state index in [0.717, 1.165) is 7.11 Å². The van der Waals surface area contributed by atoms with Gasteiger partial charge in [0.15, 0.2) is 5.60 Å². The van der Waals surface area contributed by atoms with Crippen LogP contribution in [0.15, 0.2) is 0 Å². The molecule has 1 rings (SSSR count). The number of hydrogen-bond donors (Lipinski definition) is 0. The van der Waals surface area contributed by atoms with E-state index in [2.05, 4.69) is 5.92 Å². The molecule has 0 aromatic carbocycles. The molecule has 0 aromatic heterocycles. The van der Waals surface area contributed by atoms with Gasteiger partial charge in [-0.3, -0.25) is 4.90 Å². The van der Waals surface area contributed by atoms with Crippen molar-refractivity contribution in [1.29, 1.82) is 0 Å². The Kier molecular flexibility index (Phi) is 3.28. The van der Waals surface area contributed by atoms with Crippen molar-refractivity contribution in [1.82, 2.24) is 4.90 Å². The highest BCUT2D eigenvalue weighted by molar-refractivity contribution is 5.12. The van der Waals surface area contributed by atoms with Crippen molar-refractivity contribution >= 4 is 0 Å². The molecular weight excluding hydrogens is 219 g/mol. The molecule has 1 heterocycles. The smallest absolute Gasteiger partial charge is 0.367 e. The second-order valence-corrected chi connectivity index (χ2v) is 4.57. The molecule has 0 amide bonds. The zero-order chi connectivity index (χ0) is 12.6. The van der Waals surface area contributed by atoms with Gasteiger partial charge in [0.1, 0.15) is 0 Å². The van der Waals surface area contributed by atoms with Crippen LogP contribution in [0.25, 0.3) is 0 Å². The summed E-state index contributed by atoms with van der Waals surface area (Å²) in [5, 5.41) is 0. The van der Waals surface area contributed by atoms with Crippen LogP contribution in [0.4, 0.5) is 13.2 Å². The van der Waals surface area contributed by atoms with Gasteiger partial charge in [-0.2, -0.15) is 13.2 Å². The Balaban J connectivity index is 2.89. The van der Waals surface area contributed by atoms with Crippen molar-refractivity contribution in [2.24, 2.45) is 0 Å². The van der Waals surface area contributed by atoms with E-state index < -0.39 is 17.3 Å². The minimum absolute atomic E-state index is 0.0713. The van der Waals surface area contributed by atoms with E-state index >= 15 is 0 Å². The van der Waals surface area contributed by atoms with Gasteiger partial charge in [0.05, 0.1) is 5.54 Å². The van der Waals surface area contributed by atoms with E-state index in [1.54, 1.807) is 18.7 Å². The van der Waals surface area contributed by atoms with Gasteiger partial charge in [-0.1, -0.05) is 5.92 Å². The Hall–Kier alpha value is -0.730. The van der Waals surface area contributed by atoms with Crippen LogP contribution in [-0.2, 0) is 4.74 Å². The summed E-state index contributed by atoms with van der Waals surface area (Å²) in [5.74, 6) is 2.50. The standard InChI is InChI=1S/C11H16F3NO/c1-5-9(2,3)15-7-6-10(8-15,16-4)11(12,13)14/h1H,6-8H2,2-4H3. The van der Waals surface area contributed by atoms with Crippen LogP contribution >= 0.6 is 0 Å². The normalized spacial score (nSPS) is 28.1. The predicted octanol–water partition coefficient (Wildman–Crippen LogP) is 2.05. The number of hydrogen-bond acceptors (Lipinski definition) is 2. The molecule has 1 saturated heterocycles. The molecule has 92 valence electrons. The largest absolute Gasteiger partial charge is 0.418 e. The average molecular weight is 235 g/mol. The first kappa shape index (κ1) is 13.3. The highest BCUT2D eigenvalue weighted by Gasteiger charge is 2.60. The summed E-state index contributed by atoms with van der Waals surface area (Å²) in [7, 11) is 1.10. The number of nitrogens with zero attached hydrogens (tertiary/aromatic N) is 1. The lowest BCUT2D eigenvalue weighted by atomic mass is 10.0. The first-order valence-electron chi connectivity index (χ1n) is 5.03. The lowest BCUT2D eigenvalue weighted by Gasteiger charge is -2.34. The van der Waals surface area contributed by atoms with Gasteiger partial charge < -0.3 is 4.74 Å². The van der Waals surface area contributed by atoms with E-state index in [9.17, 15) is 13.2 Å². The fraction of sp³-hybridized carbons (Fsp3) is 0.818. The van der Waals surface area contributed by atoms with E-state index in [1.165, 1.54) is 0 Å². The summed E-state index contributed by atoms with van der Waals surface area (Å²) < 4.78 is 43.3. The molecule has 2 nitrogen and oxygen atoms in total. The molecule has 5 heteroatoms. The lowest BCUT2D eigenvalue weighted by molar-refractivity contribution is -0.264. The third-order valence-electron chi connectivity index (χ3n) is 3.28. The van der Waals surface area contributed by atoms with Gasteiger partial charge in [-0.15, -0.1) is 6.42 Å². The third-order valence-corrected chi connectivity index (χ3v) is 3.28. The quantitative estimate of drug-likeness (QED) is 0.679. The second-order valence-electron chi connectivity index (χ2n) is 4.57. The van der Waals surface area contributed by atoms with Gasteiger partial charge in [0.25, 0.3) is 0 Å². The predicted molar refractivity (Wildman–Crippen MR) is 54.9 cm³/mol. The zero-order valence-corrected chi connectivity index (χ0v) is 9.69. The van der Waals surface area contributed by atoms with Crippen molar-refractivity contribution in [2.45, 2.75) is 37.6 Å². The maximum absolute atomic E-state index is 12.9. The number of rotatable bonds is 2. The number of methoxy groups -OCH3 is 1. The fourth-order valence-corrected chi connectivity index (χ4v) is 1.86. The Labute approximate surface area is 93.8 Å². The van der Waals surface area contributed by atoms with E-state index in [0.29, 0.717) is 6.54 Å². The third kappa shape index (κ3) is 2.04. The summed E-state index contributed by atoms with van der Waals surface area (Å²) in [4.78, 5) is 1.63. The number of terminal acetylenes is 1. The first-order valence-corrected chi connectivity index (χ1v) is 5.03. The average Bonchev–Trinajstić information content (AvgIpc) is 2.62. The van der Waals surface area contributed by atoms with Crippen LogP contribution in [0.1, 0.15) is 20.3 Å². The molecule has 1 fully saturated rings. The van der Waals surface area contributed by atoms with Crippen LogP contribution in [0, 0.1) is 12.3 Å². The molecule has 1 unspecified atom stereocenters. The van der Waals surface area contributed by atoms with Crippen LogP contribution < -0.4 is 0 Å². The Bertz CT molecular complexity index is 305. The zero-order valence-electron chi connectivity index (χ0n) is 9.69. The van der Waals surface area contributed by atoms with Crippen LogP contribution in [-0.4, -0.2) is 42.4 Å². The Morgan fingerprint density at radius 2 is 1.94 bits per heavy atom. The monoisotopic (exact) mass is 235 g/mol. The molecule has 0 bridgehead atoms. The molecule has 1 atom stereocenters. The van der Waals surface area contributed by atoms with Crippen LogP contribution in [0.5, 0.6) is 0 Å². The van der Waals surface area contributed by atoms with Crippen LogP contribution in [0.2, 0.25) is 0 Å². The summed E-state index contributed by atoms with van der Waals surface area (Å²) in [6.07, 6.45) is 0.880. The van der Waals surface area contributed by atoms with E-state index in [1.807, 2.05) is 0 Å². The minimum Gasteiger partial charge on any atom is -0.367 e. The SMILES string of the molecule is C#CC(C)(C)N1CCC(OC)(C(F)(F)F)C1. The molecule has 0 aromatic rings. The van der Waals surface area contributed by atoms with E-state index in [-0.39, 0.29) is 13.0 Å². The summed E-state index contributed by atoms with van der Waals surface area (Å²) >= 11 is 0. The maximum Gasteiger partial charge on any atom is 0.418 e. The molecular formula is C11H16F3NO. The highest BCUT2D eigenvalue weighted by atomic mass is 19.4. The van der Waals surface area contributed by atoms with Gasteiger partial charge in [0, 0.05) is 20.2 Å². The summed E-state index contributed by atoms with van der Waals surface area (Å²) in [6, 6.07) is 0. The van der Waals surface area contributed by atoms with Gasteiger partial charge in [0.2, 0.25) is 0 Å². The summed E-state index contributed by atoms with van der Waals surface area (Å²) in [6.45, 7) is 3.55. The molecule has 0 saturated carbocycles. The molecule has 1 aliphatic heterocycles. The first-order chi connectivity index (χ1) is 7.18. The minimum atomic E-state index is -4.36. The fourth-order valence-electron chi connectivity index (χ4n) is 1.86. The van der Waals surface area contributed by atoms with E-state index in [4.69, 9.17) is 11.2 Å². The number of ether oxygens (including phenoxy) is 1. The number of alkyl halides is 3. The van der Waals surface area contributed by atoms with Crippen molar-refractivity contribution < 1.29 is 17.9 Å². The molecule has 0 aliphatic carbocycles. The lowest BCUT2D eigenvalue weighted by Crippen LogP contribution is -2.51.